The highest BCUT2D eigenvalue weighted by Gasteiger charge is 2.10. The molecule has 1 aromatic carbocycles. The molecule has 0 radical (unpaired) electrons. The van der Waals surface area contributed by atoms with Crippen LogP contribution in [0.5, 0.6) is 0 Å². The fourth-order valence-electron chi connectivity index (χ4n) is 2.03. The van der Waals surface area contributed by atoms with Crippen LogP contribution in [0.2, 0.25) is 0 Å². The van der Waals surface area contributed by atoms with Crippen LogP contribution < -0.4 is 5.32 Å². The third-order valence-electron chi connectivity index (χ3n) is 3.14. The molecule has 0 bridgehead atoms. The molecule has 0 aliphatic heterocycles. The second kappa shape index (κ2) is 7.81. The van der Waals surface area contributed by atoms with Crippen molar-refractivity contribution in [2.24, 2.45) is 0 Å². The van der Waals surface area contributed by atoms with Crippen molar-refractivity contribution in [1.29, 1.82) is 5.26 Å². The highest BCUT2D eigenvalue weighted by molar-refractivity contribution is 5.91. The van der Waals surface area contributed by atoms with E-state index in [0.29, 0.717) is 17.1 Å². The van der Waals surface area contributed by atoms with Gasteiger partial charge < -0.3 is 14.6 Å². The molecule has 2 aromatic heterocycles. The first-order valence-corrected chi connectivity index (χ1v) is 7.35. The van der Waals surface area contributed by atoms with Gasteiger partial charge in [0.2, 0.25) is 11.7 Å². The zero-order valence-corrected chi connectivity index (χ0v) is 13.0. The molecule has 3 aromatic rings. The number of nitrogens with zero attached hydrogens (tertiary/aromatic N) is 4. The summed E-state index contributed by atoms with van der Waals surface area (Å²) in [5, 5.41) is 15.3. The SMILES string of the molecule is N#Cc1cccc(NC(=O)COCc2nc(-c3ccncc3)no2)c1. The lowest BCUT2D eigenvalue weighted by Crippen LogP contribution is -2.18. The van der Waals surface area contributed by atoms with Crippen molar-refractivity contribution >= 4 is 11.6 Å². The summed E-state index contributed by atoms with van der Waals surface area (Å²) < 4.78 is 10.3. The zero-order chi connectivity index (χ0) is 17.5. The Bertz CT molecular complexity index is 902. The number of hydrogen-bond donors (Lipinski definition) is 1. The number of nitriles is 1. The van der Waals surface area contributed by atoms with E-state index in [-0.39, 0.29) is 25.0 Å². The molecule has 0 unspecified atom stereocenters. The van der Waals surface area contributed by atoms with Crippen LogP contribution in [0.3, 0.4) is 0 Å². The number of nitrogens with one attached hydrogen (secondary N) is 1. The van der Waals surface area contributed by atoms with Crippen molar-refractivity contribution in [3.8, 4) is 17.5 Å². The highest BCUT2D eigenvalue weighted by atomic mass is 16.5. The molecular formula is C17H13N5O3. The second-order valence-electron chi connectivity index (χ2n) is 4.98. The number of aromatic nitrogens is 3. The zero-order valence-electron chi connectivity index (χ0n) is 13.0. The predicted molar refractivity (Wildman–Crippen MR) is 87.0 cm³/mol. The first kappa shape index (κ1) is 16.3. The largest absolute Gasteiger partial charge is 0.362 e. The molecule has 2 heterocycles. The Hall–Kier alpha value is -3.57. The number of anilines is 1. The Kier molecular flexibility index (Phi) is 5.09. The number of ether oxygens (including phenoxy) is 1. The average Bonchev–Trinajstić information content (AvgIpc) is 3.11. The molecular weight excluding hydrogens is 322 g/mol. The van der Waals surface area contributed by atoms with Crippen LogP contribution in [-0.2, 0) is 16.1 Å². The smallest absolute Gasteiger partial charge is 0.252 e. The van der Waals surface area contributed by atoms with Crippen LogP contribution in [0, 0.1) is 11.3 Å². The van der Waals surface area contributed by atoms with E-state index in [1.807, 2.05) is 6.07 Å². The van der Waals surface area contributed by atoms with E-state index in [1.54, 1.807) is 48.8 Å². The van der Waals surface area contributed by atoms with Crippen molar-refractivity contribution in [3.63, 3.8) is 0 Å². The Morgan fingerprint density at radius 3 is 2.92 bits per heavy atom. The van der Waals surface area contributed by atoms with Gasteiger partial charge in [0.05, 0.1) is 11.6 Å². The molecule has 0 spiro atoms. The maximum Gasteiger partial charge on any atom is 0.252 e. The maximum absolute atomic E-state index is 11.8. The Morgan fingerprint density at radius 2 is 2.12 bits per heavy atom. The van der Waals surface area contributed by atoms with E-state index in [9.17, 15) is 4.79 Å². The number of benzene rings is 1. The van der Waals surface area contributed by atoms with Crippen LogP contribution in [0.25, 0.3) is 11.4 Å². The quantitative estimate of drug-likeness (QED) is 0.734. The molecule has 0 atom stereocenters. The van der Waals surface area contributed by atoms with Gasteiger partial charge in [0, 0.05) is 23.6 Å². The summed E-state index contributed by atoms with van der Waals surface area (Å²) in [5.74, 6) is 0.355. The molecule has 8 heteroatoms. The van der Waals surface area contributed by atoms with E-state index in [2.05, 4.69) is 20.4 Å². The Labute approximate surface area is 143 Å². The number of carbonyl (C=O) groups is 1. The topological polar surface area (TPSA) is 114 Å². The van der Waals surface area contributed by atoms with E-state index >= 15 is 0 Å². The van der Waals surface area contributed by atoms with Crippen LogP contribution >= 0.6 is 0 Å². The van der Waals surface area contributed by atoms with Gasteiger partial charge in [0.1, 0.15) is 13.2 Å². The van der Waals surface area contributed by atoms with Gasteiger partial charge >= 0.3 is 0 Å². The molecule has 0 fully saturated rings. The molecule has 124 valence electrons. The fraction of sp³-hybridized carbons (Fsp3) is 0.118. The van der Waals surface area contributed by atoms with Gasteiger partial charge in [-0.05, 0) is 30.3 Å². The normalized spacial score (nSPS) is 10.2. The number of hydrogen-bond acceptors (Lipinski definition) is 7. The first-order valence-electron chi connectivity index (χ1n) is 7.35. The molecule has 0 aliphatic carbocycles. The molecule has 0 saturated carbocycles. The van der Waals surface area contributed by atoms with Crippen LogP contribution in [-0.4, -0.2) is 27.6 Å². The van der Waals surface area contributed by atoms with Crippen molar-refractivity contribution in [3.05, 3.63) is 60.2 Å². The molecule has 8 nitrogen and oxygen atoms in total. The molecule has 1 N–H and O–H groups in total. The lowest BCUT2D eigenvalue weighted by molar-refractivity contribution is -0.121. The van der Waals surface area contributed by atoms with Gasteiger partial charge in [0.25, 0.3) is 5.89 Å². The summed E-state index contributed by atoms with van der Waals surface area (Å²) in [4.78, 5) is 19.9. The van der Waals surface area contributed by atoms with E-state index in [4.69, 9.17) is 14.5 Å². The minimum atomic E-state index is -0.344. The van der Waals surface area contributed by atoms with Gasteiger partial charge in [0.15, 0.2) is 0 Å². The van der Waals surface area contributed by atoms with E-state index in [0.717, 1.165) is 5.56 Å². The number of amides is 1. The molecule has 3 rings (SSSR count). The molecule has 0 saturated heterocycles. The van der Waals surface area contributed by atoms with E-state index in [1.165, 1.54) is 0 Å². The fourth-order valence-corrected chi connectivity index (χ4v) is 2.03. The van der Waals surface area contributed by atoms with Gasteiger partial charge in [-0.1, -0.05) is 11.2 Å². The van der Waals surface area contributed by atoms with Crippen LogP contribution in [0.15, 0.2) is 53.3 Å². The number of carbonyl (C=O) groups excluding carboxylic acids is 1. The summed E-state index contributed by atoms with van der Waals surface area (Å²) in [6.07, 6.45) is 3.26. The summed E-state index contributed by atoms with van der Waals surface area (Å²) in [5.41, 5.74) is 1.78. The standard InChI is InChI=1S/C17H13N5O3/c18-9-12-2-1-3-14(8-12)20-15(23)10-24-11-16-21-17(22-25-16)13-4-6-19-7-5-13/h1-8H,10-11H2,(H,20,23). The summed E-state index contributed by atoms with van der Waals surface area (Å²) in [7, 11) is 0. The van der Waals surface area contributed by atoms with Gasteiger partial charge in [-0.3, -0.25) is 9.78 Å². The summed E-state index contributed by atoms with van der Waals surface area (Å²) in [6.45, 7) is -0.159. The van der Waals surface area contributed by atoms with Crippen LogP contribution in [0.4, 0.5) is 5.69 Å². The minimum absolute atomic E-state index is 0.0176. The Morgan fingerprint density at radius 1 is 1.28 bits per heavy atom. The summed E-state index contributed by atoms with van der Waals surface area (Å²) >= 11 is 0. The molecule has 1 amide bonds. The van der Waals surface area contributed by atoms with Crippen molar-refractivity contribution in [2.45, 2.75) is 6.61 Å². The lowest BCUT2D eigenvalue weighted by Gasteiger charge is -2.05. The molecule has 0 aliphatic rings. The minimum Gasteiger partial charge on any atom is -0.362 e. The molecule has 25 heavy (non-hydrogen) atoms. The second-order valence-corrected chi connectivity index (χ2v) is 4.98. The van der Waals surface area contributed by atoms with Crippen molar-refractivity contribution in [2.75, 3.05) is 11.9 Å². The van der Waals surface area contributed by atoms with E-state index < -0.39 is 0 Å². The van der Waals surface area contributed by atoms with Gasteiger partial charge in [-0.15, -0.1) is 0 Å². The number of rotatable bonds is 6. The third kappa shape index (κ3) is 4.46. The van der Waals surface area contributed by atoms with Gasteiger partial charge in [-0.25, -0.2) is 0 Å². The van der Waals surface area contributed by atoms with Gasteiger partial charge in [-0.2, -0.15) is 10.2 Å². The average molecular weight is 335 g/mol. The highest BCUT2D eigenvalue weighted by Crippen LogP contribution is 2.14. The first-order chi connectivity index (χ1) is 12.2. The third-order valence-corrected chi connectivity index (χ3v) is 3.14. The van der Waals surface area contributed by atoms with Crippen molar-refractivity contribution < 1.29 is 14.1 Å². The maximum atomic E-state index is 11.8. The Balaban J connectivity index is 1.49. The van der Waals surface area contributed by atoms with Crippen molar-refractivity contribution in [1.82, 2.24) is 15.1 Å². The predicted octanol–water partition coefficient (Wildman–Crippen LogP) is 2.16. The van der Waals surface area contributed by atoms with Crippen LogP contribution in [0.1, 0.15) is 11.5 Å². The summed E-state index contributed by atoms with van der Waals surface area (Å²) in [6, 6.07) is 12.1. The number of pyridine rings is 1. The monoisotopic (exact) mass is 335 g/mol. The lowest BCUT2D eigenvalue weighted by atomic mass is 10.2.